The highest BCUT2D eigenvalue weighted by Crippen LogP contribution is 2.70. The van der Waals surface area contributed by atoms with Gasteiger partial charge >= 0.3 is 0 Å². The van der Waals surface area contributed by atoms with Gasteiger partial charge in [0.1, 0.15) is 0 Å². The Morgan fingerprint density at radius 1 is 1.11 bits per heavy atom. The SMILES string of the molecule is CC1(C)C(C(O)C2CCOC3(CCC3)C2)C1(C)C. The molecule has 2 unspecified atom stereocenters. The molecule has 3 rings (SSSR count). The number of ether oxygens (including phenoxy) is 1. The summed E-state index contributed by atoms with van der Waals surface area (Å²) in [6.45, 7) is 10.1. The van der Waals surface area contributed by atoms with Crippen LogP contribution in [-0.2, 0) is 4.74 Å². The summed E-state index contributed by atoms with van der Waals surface area (Å²) in [7, 11) is 0. The Kier molecular flexibility index (Phi) is 2.68. The number of aliphatic hydroxyl groups is 1. The van der Waals surface area contributed by atoms with Crippen LogP contribution in [0.4, 0.5) is 0 Å². The zero-order valence-electron chi connectivity index (χ0n) is 12.3. The van der Waals surface area contributed by atoms with Gasteiger partial charge in [-0.05, 0) is 54.8 Å². The fourth-order valence-corrected chi connectivity index (χ4v) is 4.65. The molecule has 2 saturated carbocycles. The van der Waals surface area contributed by atoms with Gasteiger partial charge < -0.3 is 9.84 Å². The lowest BCUT2D eigenvalue weighted by molar-refractivity contribution is -0.159. The largest absolute Gasteiger partial charge is 0.393 e. The highest BCUT2D eigenvalue weighted by molar-refractivity contribution is 5.16. The molecule has 2 nitrogen and oxygen atoms in total. The molecule has 2 heteroatoms. The molecule has 2 aliphatic carbocycles. The molecular weight excluding hydrogens is 224 g/mol. The normalized spacial score (nSPS) is 38.2. The molecule has 0 aromatic heterocycles. The van der Waals surface area contributed by atoms with Crippen molar-refractivity contribution in [3.8, 4) is 0 Å². The van der Waals surface area contributed by atoms with E-state index in [0.29, 0.717) is 11.8 Å². The lowest BCUT2D eigenvalue weighted by Gasteiger charge is -2.48. The summed E-state index contributed by atoms with van der Waals surface area (Å²) in [6, 6.07) is 0. The Labute approximate surface area is 111 Å². The van der Waals surface area contributed by atoms with Crippen molar-refractivity contribution in [2.24, 2.45) is 22.7 Å². The van der Waals surface area contributed by atoms with Gasteiger partial charge in [-0.1, -0.05) is 27.7 Å². The average molecular weight is 252 g/mol. The third-order valence-electron chi connectivity index (χ3n) is 6.75. The van der Waals surface area contributed by atoms with Gasteiger partial charge in [0.25, 0.3) is 0 Å². The van der Waals surface area contributed by atoms with Crippen molar-refractivity contribution in [1.29, 1.82) is 0 Å². The van der Waals surface area contributed by atoms with E-state index >= 15 is 0 Å². The quantitative estimate of drug-likeness (QED) is 0.816. The van der Waals surface area contributed by atoms with Crippen molar-refractivity contribution >= 4 is 0 Å². The summed E-state index contributed by atoms with van der Waals surface area (Å²) in [4.78, 5) is 0. The van der Waals surface area contributed by atoms with E-state index < -0.39 is 0 Å². The molecule has 3 aliphatic rings. The molecule has 104 valence electrons. The van der Waals surface area contributed by atoms with Crippen LogP contribution in [0, 0.1) is 22.7 Å². The van der Waals surface area contributed by atoms with Crippen LogP contribution < -0.4 is 0 Å². The monoisotopic (exact) mass is 252 g/mol. The predicted octanol–water partition coefficient (Wildman–Crippen LogP) is 3.38. The van der Waals surface area contributed by atoms with Gasteiger partial charge in [-0.25, -0.2) is 0 Å². The van der Waals surface area contributed by atoms with E-state index in [1.165, 1.54) is 19.3 Å². The van der Waals surface area contributed by atoms with Gasteiger partial charge in [-0.2, -0.15) is 0 Å². The summed E-state index contributed by atoms with van der Waals surface area (Å²) in [6.07, 6.45) is 5.75. The van der Waals surface area contributed by atoms with Crippen LogP contribution in [0.2, 0.25) is 0 Å². The van der Waals surface area contributed by atoms with Crippen molar-refractivity contribution in [3.05, 3.63) is 0 Å². The summed E-state index contributed by atoms with van der Waals surface area (Å²) in [5, 5.41) is 10.8. The van der Waals surface area contributed by atoms with Gasteiger partial charge in [0, 0.05) is 6.61 Å². The first kappa shape index (κ1) is 12.9. The van der Waals surface area contributed by atoms with E-state index in [4.69, 9.17) is 4.74 Å². The lowest BCUT2D eigenvalue weighted by atomic mass is 9.70. The minimum atomic E-state index is -0.128. The molecule has 0 radical (unpaired) electrons. The lowest BCUT2D eigenvalue weighted by Crippen LogP contribution is -2.48. The number of hydrogen-bond donors (Lipinski definition) is 1. The van der Waals surface area contributed by atoms with E-state index in [1.54, 1.807) is 0 Å². The molecule has 0 aromatic rings. The molecule has 2 atom stereocenters. The van der Waals surface area contributed by atoms with Gasteiger partial charge in [0.15, 0.2) is 0 Å². The number of rotatable bonds is 2. The predicted molar refractivity (Wildman–Crippen MR) is 72.3 cm³/mol. The van der Waals surface area contributed by atoms with E-state index in [-0.39, 0.29) is 22.5 Å². The molecule has 0 bridgehead atoms. The third-order valence-corrected chi connectivity index (χ3v) is 6.75. The third kappa shape index (κ3) is 1.61. The second-order valence-corrected chi connectivity index (χ2v) is 8.05. The molecule has 1 saturated heterocycles. The molecule has 0 aromatic carbocycles. The highest BCUT2D eigenvalue weighted by atomic mass is 16.5. The molecule has 1 heterocycles. The van der Waals surface area contributed by atoms with Crippen LogP contribution in [0.25, 0.3) is 0 Å². The minimum absolute atomic E-state index is 0.128. The van der Waals surface area contributed by atoms with Gasteiger partial charge in [-0.15, -0.1) is 0 Å². The van der Waals surface area contributed by atoms with E-state index in [0.717, 1.165) is 19.4 Å². The summed E-state index contributed by atoms with van der Waals surface area (Å²) < 4.78 is 5.97. The maximum atomic E-state index is 10.8. The minimum Gasteiger partial charge on any atom is -0.393 e. The second-order valence-electron chi connectivity index (χ2n) is 8.05. The zero-order valence-corrected chi connectivity index (χ0v) is 12.3. The fourth-order valence-electron chi connectivity index (χ4n) is 4.65. The Morgan fingerprint density at radius 2 is 1.72 bits per heavy atom. The van der Waals surface area contributed by atoms with Crippen LogP contribution in [0.15, 0.2) is 0 Å². The molecule has 1 spiro atoms. The number of hydrogen-bond acceptors (Lipinski definition) is 2. The zero-order chi connectivity index (χ0) is 13.2. The number of aliphatic hydroxyl groups excluding tert-OH is 1. The smallest absolute Gasteiger partial charge is 0.0686 e. The Bertz CT molecular complexity index is 327. The molecule has 1 aliphatic heterocycles. The molecule has 3 fully saturated rings. The van der Waals surface area contributed by atoms with Crippen LogP contribution in [0.5, 0.6) is 0 Å². The fraction of sp³-hybridized carbons (Fsp3) is 1.00. The standard InChI is InChI=1S/C16H28O2/c1-14(2)13(15(14,3)4)12(17)11-6-9-18-16(10-11)7-5-8-16/h11-13,17H,5-10H2,1-4H3. The Balaban J connectivity index is 1.68. The summed E-state index contributed by atoms with van der Waals surface area (Å²) >= 11 is 0. The Morgan fingerprint density at radius 3 is 2.17 bits per heavy atom. The van der Waals surface area contributed by atoms with E-state index in [2.05, 4.69) is 27.7 Å². The molecule has 1 N–H and O–H groups in total. The van der Waals surface area contributed by atoms with Crippen LogP contribution in [0.1, 0.15) is 59.8 Å². The Hall–Kier alpha value is -0.0800. The maximum absolute atomic E-state index is 10.8. The van der Waals surface area contributed by atoms with Crippen molar-refractivity contribution in [1.82, 2.24) is 0 Å². The van der Waals surface area contributed by atoms with E-state index in [1.807, 2.05) is 0 Å². The first-order valence-corrected chi connectivity index (χ1v) is 7.62. The topological polar surface area (TPSA) is 29.5 Å². The molecular formula is C16H28O2. The molecule has 18 heavy (non-hydrogen) atoms. The second kappa shape index (κ2) is 3.73. The first-order valence-electron chi connectivity index (χ1n) is 7.62. The van der Waals surface area contributed by atoms with Crippen LogP contribution >= 0.6 is 0 Å². The van der Waals surface area contributed by atoms with Crippen molar-refractivity contribution < 1.29 is 9.84 Å². The van der Waals surface area contributed by atoms with E-state index in [9.17, 15) is 5.11 Å². The van der Waals surface area contributed by atoms with Crippen LogP contribution in [0.3, 0.4) is 0 Å². The summed E-state index contributed by atoms with van der Waals surface area (Å²) in [5.74, 6) is 0.926. The maximum Gasteiger partial charge on any atom is 0.0686 e. The molecule has 0 amide bonds. The van der Waals surface area contributed by atoms with Crippen molar-refractivity contribution in [2.45, 2.75) is 71.5 Å². The van der Waals surface area contributed by atoms with Crippen molar-refractivity contribution in [2.75, 3.05) is 6.61 Å². The van der Waals surface area contributed by atoms with Gasteiger partial charge in [0.2, 0.25) is 0 Å². The summed E-state index contributed by atoms with van der Waals surface area (Å²) in [5.41, 5.74) is 0.738. The van der Waals surface area contributed by atoms with Gasteiger partial charge in [-0.3, -0.25) is 0 Å². The average Bonchev–Trinajstić information content (AvgIpc) is 2.67. The highest BCUT2D eigenvalue weighted by Gasteiger charge is 2.68. The first-order chi connectivity index (χ1) is 8.30. The van der Waals surface area contributed by atoms with Crippen molar-refractivity contribution in [3.63, 3.8) is 0 Å². The van der Waals surface area contributed by atoms with Crippen LogP contribution in [-0.4, -0.2) is 23.4 Å². The van der Waals surface area contributed by atoms with Gasteiger partial charge in [0.05, 0.1) is 11.7 Å².